The zero-order valence-corrected chi connectivity index (χ0v) is 29.7. The second-order valence-electron chi connectivity index (χ2n) is 10.5. The van der Waals surface area contributed by atoms with Gasteiger partial charge < -0.3 is 29.2 Å². The number of hydrogen-bond donors (Lipinski definition) is 1. The molecular weight excluding hydrogens is 702 g/mol. The van der Waals surface area contributed by atoms with Crippen LogP contribution in [-0.4, -0.2) is 73.2 Å². The number of likely N-dealkylation sites (N-methyl/N-ethyl adjacent to an activating group) is 1. The Balaban J connectivity index is 1.88. The zero-order valence-electron chi connectivity index (χ0n) is 27.3. The molecule has 1 unspecified atom stereocenters. The number of amides is 2. The van der Waals surface area contributed by atoms with Crippen molar-refractivity contribution in [2.75, 3.05) is 46.3 Å². The van der Waals surface area contributed by atoms with E-state index in [-0.39, 0.29) is 35.0 Å². The number of anilines is 1. The fourth-order valence-corrected chi connectivity index (χ4v) is 7.04. The third-order valence-corrected chi connectivity index (χ3v) is 9.88. The van der Waals surface area contributed by atoms with E-state index in [4.69, 9.17) is 18.9 Å². The van der Waals surface area contributed by atoms with Crippen molar-refractivity contribution in [3.05, 3.63) is 107 Å². The summed E-state index contributed by atoms with van der Waals surface area (Å²) in [4.78, 5) is 29.4. The van der Waals surface area contributed by atoms with Crippen LogP contribution >= 0.6 is 15.9 Å². The Morgan fingerprint density at radius 3 is 2.06 bits per heavy atom. The number of benzene rings is 4. The summed E-state index contributed by atoms with van der Waals surface area (Å²) in [6, 6.07) is 24.5. The lowest BCUT2D eigenvalue weighted by Gasteiger charge is -2.34. The lowest BCUT2D eigenvalue weighted by atomic mass is 10.0. The van der Waals surface area contributed by atoms with Crippen LogP contribution in [0, 0.1) is 0 Å². The number of carbonyl (C=O) groups is 2. The predicted molar refractivity (Wildman–Crippen MR) is 186 cm³/mol. The third-order valence-electron chi connectivity index (χ3n) is 7.64. The van der Waals surface area contributed by atoms with Crippen molar-refractivity contribution in [2.24, 2.45) is 0 Å². The van der Waals surface area contributed by atoms with Gasteiger partial charge in [0.25, 0.3) is 10.0 Å². The number of methoxy groups -OCH3 is 4. The third kappa shape index (κ3) is 8.39. The van der Waals surface area contributed by atoms with Crippen molar-refractivity contribution in [3.8, 4) is 23.0 Å². The quantitative estimate of drug-likeness (QED) is 0.180. The molecule has 0 bridgehead atoms. The van der Waals surface area contributed by atoms with E-state index in [1.165, 1.54) is 64.7 Å². The van der Waals surface area contributed by atoms with E-state index in [1.807, 2.05) is 54.6 Å². The molecule has 0 spiro atoms. The largest absolute Gasteiger partial charge is 0.497 e. The van der Waals surface area contributed by atoms with Crippen molar-refractivity contribution < 1.29 is 37.0 Å². The highest BCUT2D eigenvalue weighted by molar-refractivity contribution is 9.10. The van der Waals surface area contributed by atoms with Crippen LogP contribution in [0.2, 0.25) is 0 Å². The van der Waals surface area contributed by atoms with Gasteiger partial charge in [0.1, 0.15) is 24.1 Å². The molecule has 2 amide bonds. The summed E-state index contributed by atoms with van der Waals surface area (Å²) in [5, 5.41) is 2.68. The fourth-order valence-electron chi connectivity index (χ4n) is 5.16. The first kappa shape index (κ1) is 36.1. The maximum atomic E-state index is 14.6. The number of ether oxygens (including phenoxy) is 4. The lowest BCUT2D eigenvalue weighted by Crippen LogP contribution is -2.53. The van der Waals surface area contributed by atoms with Gasteiger partial charge in [-0.1, -0.05) is 58.4 Å². The molecular formula is C35H38BrN3O8S. The van der Waals surface area contributed by atoms with E-state index >= 15 is 0 Å². The molecule has 48 heavy (non-hydrogen) atoms. The maximum Gasteiger partial charge on any atom is 0.265 e. The van der Waals surface area contributed by atoms with Crippen LogP contribution in [0.3, 0.4) is 0 Å². The minimum Gasteiger partial charge on any atom is -0.497 e. The zero-order chi connectivity index (χ0) is 34.8. The highest BCUT2D eigenvalue weighted by Gasteiger charge is 2.36. The van der Waals surface area contributed by atoms with E-state index in [9.17, 15) is 18.0 Å². The van der Waals surface area contributed by atoms with Crippen LogP contribution in [0.4, 0.5) is 5.69 Å². The predicted octanol–water partition coefficient (Wildman–Crippen LogP) is 5.06. The van der Waals surface area contributed by atoms with Crippen LogP contribution in [0.25, 0.3) is 0 Å². The summed E-state index contributed by atoms with van der Waals surface area (Å²) in [5.41, 5.74) is 1.61. The first-order valence-corrected chi connectivity index (χ1v) is 17.1. The molecule has 0 radical (unpaired) electrons. The molecule has 0 heterocycles. The van der Waals surface area contributed by atoms with Gasteiger partial charge in [-0.05, 0) is 47.5 Å². The average Bonchev–Trinajstić information content (AvgIpc) is 3.11. The van der Waals surface area contributed by atoms with Gasteiger partial charge in [-0.25, -0.2) is 8.42 Å². The molecule has 11 nitrogen and oxygen atoms in total. The molecule has 0 aromatic heterocycles. The van der Waals surface area contributed by atoms with E-state index in [2.05, 4.69) is 21.2 Å². The van der Waals surface area contributed by atoms with Crippen LogP contribution in [0.5, 0.6) is 23.0 Å². The summed E-state index contributed by atoms with van der Waals surface area (Å²) in [7, 11) is 2.70. The van der Waals surface area contributed by atoms with Crippen LogP contribution in [0.1, 0.15) is 11.1 Å². The van der Waals surface area contributed by atoms with Crippen molar-refractivity contribution >= 4 is 43.5 Å². The van der Waals surface area contributed by atoms with Crippen molar-refractivity contribution in [1.82, 2.24) is 10.2 Å². The number of hydrogen-bond acceptors (Lipinski definition) is 8. The molecule has 13 heteroatoms. The Hall–Kier alpha value is -4.75. The maximum absolute atomic E-state index is 14.6. The Kier molecular flexibility index (Phi) is 12.3. The molecule has 4 rings (SSSR count). The van der Waals surface area contributed by atoms with Crippen LogP contribution in [-0.2, 0) is 32.6 Å². The van der Waals surface area contributed by atoms with Gasteiger partial charge >= 0.3 is 0 Å². The van der Waals surface area contributed by atoms with Gasteiger partial charge in [0, 0.05) is 36.6 Å². The van der Waals surface area contributed by atoms with E-state index in [1.54, 1.807) is 12.1 Å². The molecule has 4 aromatic carbocycles. The summed E-state index contributed by atoms with van der Waals surface area (Å²) in [6.45, 7) is -0.667. The van der Waals surface area contributed by atoms with Gasteiger partial charge in [-0.2, -0.15) is 0 Å². The molecule has 0 aliphatic rings. The monoisotopic (exact) mass is 739 g/mol. The normalized spacial score (nSPS) is 11.6. The minimum absolute atomic E-state index is 0.0166. The molecule has 0 aliphatic carbocycles. The number of nitrogens with one attached hydrogen (secondary N) is 1. The molecule has 254 valence electrons. The van der Waals surface area contributed by atoms with Crippen molar-refractivity contribution in [3.63, 3.8) is 0 Å². The summed E-state index contributed by atoms with van der Waals surface area (Å²) < 4.78 is 52.5. The second-order valence-corrected chi connectivity index (χ2v) is 13.3. The number of rotatable bonds is 15. The van der Waals surface area contributed by atoms with Gasteiger partial charge in [0.2, 0.25) is 11.8 Å². The van der Waals surface area contributed by atoms with Gasteiger partial charge in [-0.3, -0.25) is 13.9 Å². The molecule has 0 aliphatic heterocycles. The van der Waals surface area contributed by atoms with Crippen molar-refractivity contribution in [2.45, 2.75) is 23.9 Å². The van der Waals surface area contributed by atoms with Gasteiger partial charge in [-0.15, -0.1) is 0 Å². The SMILES string of the molecule is CNC(=O)C(Cc1ccccc1)N(Cc1cccc(Br)c1)C(=O)CN(c1cc(OC)ccc1OC)S(=O)(=O)c1ccc(OC)c(OC)c1. The smallest absolute Gasteiger partial charge is 0.265 e. The standard InChI is InChI=1S/C35H38BrN3O8S/c1-37-35(41)30(19-24-10-7-6-8-11-24)38(22-25-12-9-13-26(36)18-25)34(40)23-39(29-20-27(44-2)14-16-31(29)45-3)48(42,43)28-15-17-32(46-4)33(21-28)47-5/h6-18,20-21,30H,19,22-23H2,1-5H3,(H,37,41). The topological polar surface area (TPSA) is 124 Å². The number of halogens is 1. The Bertz CT molecular complexity index is 1840. The first-order chi connectivity index (χ1) is 23.1. The summed E-state index contributed by atoms with van der Waals surface area (Å²) in [5.74, 6) is -0.0138. The van der Waals surface area contributed by atoms with E-state index in [0.29, 0.717) is 11.5 Å². The Morgan fingerprint density at radius 2 is 1.44 bits per heavy atom. The van der Waals surface area contributed by atoms with Gasteiger partial charge in [0.05, 0.1) is 39.0 Å². The Morgan fingerprint density at radius 1 is 0.771 bits per heavy atom. The van der Waals surface area contributed by atoms with E-state index < -0.39 is 34.4 Å². The second kappa shape index (κ2) is 16.4. The number of sulfonamides is 1. The molecule has 1 atom stereocenters. The van der Waals surface area contributed by atoms with Gasteiger partial charge in [0.15, 0.2) is 11.5 Å². The first-order valence-electron chi connectivity index (χ1n) is 14.8. The molecule has 1 N–H and O–H groups in total. The molecule has 0 saturated carbocycles. The van der Waals surface area contributed by atoms with Crippen molar-refractivity contribution in [1.29, 1.82) is 0 Å². The lowest BCUT2D eigenvalue weighted by molar-refractivity contribution is -0.139. The van der Waals surface area contributed by atoms with Crippen LogP contribution < -0.4 is 28.6 Å². The highest BCUT2D eigenvalue weighted by atomic mass is 79.9. The fraction of sp³-hybridized carbons (Fsp3) is 0.257. The highest BCUT2D eigenvalue weighted by Crippen LogP contribution is 2.38. The summed E-state index contributed by atoms with van der Waals surface area (Å²) in [6.07, 6.45) is 0.186. The van der Waals surface area contributed by atoms with E-state index in [0.717, 1.165) is 19.9 Å². The Labute approximate surface area is 289 Å². The van der Waals surface area contributed by atoms with Crippen LogP contribution in [0.15, 0.2) is 100 Å². The molecule has 0 fully saturated rings. The number of nitrogens with zero attached hydrogens (tertiary/aromatic N) is 2. The average molecular weight is 741 g/mol. The number of carbonyl (C=O) groups excluding carboxylic acids is 2. The summed E-state index contributed by atoms with van der Waals surface area (Å²) >= 11 is 3.48. The minimum atomic E-state index is -4.48. The molecule has 4 aromatic rings. The molecule has 0 saturated heterocycles.